The molecule has 0 aliphatic carbocycles. The molecule has 196 valence electrons. The van der Waals surface area contributed by atoms with Crippen molar-refractivity contribution >= 4 is 28.5 Å². The minimum Gasteiger partial charge on any atom is -0.352 e. The van der Waals surface area contributed by atoms with Crippen LogP contribution in [-0.4, -0.2) is 22.0 Å². The van der Waals surface area contributed by atoms with Crippen LogP contribution in [0.25, 0.3) is 11.0 Å². The van der Waals surface area contributed by atoms with Crippen LogP contribution in [0, 0.1) is 0 Å². The number of rotatable bonds is 18. The van der Waals surface area contributed by atoms with E-state index in [0.717, 1.165) is 37.7 Å². The predicted molar refractivity (Wildman–Crippen MR) is 153 cm³/mol. The average molecular weight is 510 g/mol. The highest BCUT2D eigenvalue weighted by molar-refractivity contribution is 6.30. The summed E-state index contributed by atoms with van der Waals surface area (Å²) in [4.78, 5) is 17.2. The topological polar surface area (TPSA) is 46.9 Å². The molecule has 0 saturated heterocycles. The summed E-state index contributed by atoms with van der Waals surface area (Å²) in [5.74, 6) is 1.14. The quantitative estimate of drug-likeness (QED) is 0.174. The summed E-state index contributed by atoms with van der Waals surface area (Å²) >= 11 is 5.98. The van der Waals surface area contributed by atoms with Crippen LogP contribution in [0.3, 0.4) is 0 Å². The van der Waals surface area contributed by atoms with E-state index in [2.05, 4.69) is 41.1 Å². The zero-order valence-corrected chi connectivity index (χ0v) is 22.9. The summed E-state index contributed by atoms with van der Waals surface area (Å²) in [6.07, 6.45) is 17.7. The predicted octanol–water partition coefficient (Wildman–Crippen LogP) is 8.75. The van der Waals surface area contributed by atoms with Gasteiger partial charge in [-0.05, 0) is 49.6 Å². The molecule has 0 saturated carbocycles. The highest BCUT2D eigenvalue weighted by atomic mass is 35.5. The number of para-hydroxylation sites is 2. The van der Waals surface area contributed by atoms with Crippen LogP contribution in [0.1, 0.15) is 107 Å². The van der Waals surface area contributed by atoms with E-state index in [9.17, 15) is 4.79 Å². The molecular formula is C31H44ClN3O. The number of benzene rings is 2. The second-order valence-electron chi connectivity index (χ2n) is 9.93. The van der Waals surface area contributed by atoms with E-state index in [1.165, 1.54) is 75.5 Å². The van der Waals surface area contributed by atoms with Gasteiger partial charge in [-0.15, -0.1) is 0 Å². The molecule has 0 radical (unpaired) electrons. The van der Waals surface area contributed by atoms with Gasteiger partial charge in [0.15, 0.2) is 0 Å². The maximum Gasteiger partial charge on any atom is 0.251 e. The van der Waals surface area contributed by atoms with E-state index in [1.54, 1.807) is 24.3 Å². The summed E-state index contributed by atoms with van der Waals surface area (Å²) in [5.41, 5.74) is 2.98. The number of aryl methyl sites for hydroxylation is 2. The highest BCUT2D eigenvalue weighted by Gasteiger charge is 2.10. The molecule has 0 bridgehead atoms. The normalized spacial score (nSPS) is 11.3. The third kappa shape index (κ3) is 9.61. The van der Waals surface area contributed by atoms with Crippen LogP contribution in [0.5, 0.6) is 0 Å². The molecule has 0 unspecified atom stereocenters. The molecule has 3 aromatic rings. The van der Waals surface area contributed by atoms with Crippen LogP contribution < -0.4 is 5.32 Å². The molecule has 36 heavy (non-hydrogen) atoms. The van der Waals surface area contributed by atoms with Crippen molar-refractivity contribution in [2.45, 2.75) is 103 Å². The molecule has 0 aliphatic rings. The summed E-state index contributed by atoms with van der Waals surface area (Å²) in [5, 5.41) is 3.59. The Bertz CT molecular complexity index is 1050. The van der Waals surface area contributed by atoms with E-state index in [4.69, 9.17) is 16.6 Å². The van der Waals surface area contributed by atoms with Crippen molar-refractivity contribution in [1.29, 1.82) is 0 Å². The number of nitrogens with one attached hydrogen (secondary N) is 1. The lowest BCUT2D eigenvalue weighted by atomic mass is 10.1. The van der Waals surface area contributed by atoms with Gasteiger partial charge < -0.3 is 9.88 Å². The molecule has 1 N–H and O–H groups in total. The van der Waals surface area contributed by atoms with Gasteiger partial charge in [-0.3, -0.25) is 4.79 Å². The third-order valence-corrected chi connectivity index (χ3v) is 7.15. The summed E-state index contributed by atoms with van der Waals surface area (Å²) in [6, 6.07) is 15.6. The monoisotopic (exact) mass is 509 g/mol. The Hall–Kier alpha value is -2.33. The first kappa shape index (κ1) is 28.2. The third-order valence-electron chi connectivity index (χ3n) is 6.92. The van der Waals surface area contributed by atoms with Crippen LogP contribution >= 0.6 is 11.6 Å². The van der Waals surface area contributed by atoms with Crippen molar-refractivity contribution in [3.63, 3.8) is 0 Å². The van der Waals surface area contributed by atoms with E-state index in [1.807, 2.05) is 0 Å². The number of hydrogen-bond acceptors (Lipinski definition) is 2. The molecule has 2 aromatic carbocycles. The fourth-order valence-electron chi connectivity index (χ4n) is 4.84. The molecule has 1 heterocycles. The van der Waals surface area contributed by atoms with Crippen molar-refractivity contribution < 1.29 is 4.79 Å². The van der Waals surface area contributed by atoms with Gasteiger partial charge in [-0.1, -0.05) is 101 Å². The minimum atomic E-state index is -0.0595. The fourth-order valence-corrected chi connectivity index (χ4v) is 5.03. The molecule has 0 fully saturated rings. The van der Waals surface area contributed by atoms with Crippen molar-refractivity contribution in [2.24, 2.45) is 0 Å². The van der Waals surface area contributed by atoms with Crippen LogP contribution in [-0.2, 0) is 13.0 Å². The molecular weight excluding hydrogens is 466 g/mol. The van der Waals surface area contributed by atoms with Crippen LogP contribution in [0.4, 0.5) is 0 Å². The molecule has 0 atom stereocenters. The molecule has 1 aromatic heterocycles. The number of amides is 1. The Morgan fingerprint density at radius 3 is 2.28 bits per heavy atom. The van der Waals surface area contributed by atoms with Crippen molar-refractivity contribution in [3.05, 3.63) is 64.9 Å². The fraction of sp³-hybridized carbons (Fsp3) is 0.548. The number of carbonyl (C=O) groups excluding carboxylic acids is 1. The summed E-state index contributed by atoms with van der Waals surface area (Å²) in [6.45, 7) is 4.02. The summed E-state index contributed by atoms with van der Waals surface area (Å²) in [7, 11) is 0. The Morgan fingerprint density at radius 1 is 0.833 bits per heavy atom. The molecule has 3 rings (SSSR count). The number of hydrogen-bond donors (Lipinski definition) is 1. The van der Waals surface area contributed by atoms with Crippen molar-refractivity contribution in [2.75, 3.05) is 6.54 Å². The smallest absolute Gasteiger partial charge is 0.251 e. The molecule has 4 nitrogen and oxygen atoms in total. The lowest BCUT2D eigenvalue weighted by Crippen LogP contribution is -2.24. The zero-order chi connectivity index (χ0) is 25.4. The second kappa shape index (κ2) is 16.4. The van der Waals surface area contributed by atoms with Crippen molar-refractivity contribution in [3.8, 4) is 0 Å². The first-order valence-corrected chi connectivity index (χ1v) is 14.5. The Labute approximate surface area is 222 Å². The lowest BCUT2D eigenvalue weighted by Gasteiger charge is -2.10. The second-order valence-corrected chi connectivity index (χ2v) is 10.4. The number of unbranched alkanes of at least 4 members (excludes halogenated alkanes) is 11. The Balaban J connectivity index is 1.36. The lowest BCUT2D eigenvalue weighted by molar-refractivity contribution is 0.0953. The first-order chi connectivity index (χ1) is 17.7. The van der Waals surface area contributed by atoms with Crippen LogP contribution in [0.2, 0.25) is 5.02 Å². The van der Waals surface area contributed by atoms with E-state index < -0.39 is 0 Å². The van der Waals surface area contributed by atoms with Gasteiger partial charge in [0, 0.05) is 30.1 Å². The molecule has 1 amide bonds. The number of fused-ring (bicyclic) bond motifs is 1. The van der Waals surface area contributed by atoms with Crippen molar-refractivity contribution in [1.82, 2.24) is 14.9 Å². The number of halogens is 1. The van der Waals surface area contributed by atoms with E-state index in [0.29, 0.717) is 17.1 Å². The maximum absolute atomic E-state index is 12.2. The van der Waals surface area contributed by atoms with E-state index >= 15 is 0 Å². The average Bonchev–Trinajstić information content (AvgIpc) is 3.24. The Kier molecular flexibility index (Phi) is 12.9. The van der Waals surface area contributed by atoms with Crippen LogP contribution in [0.15, 0.2) is 48.5 Å². The standard InChI is InChI=1S/C31H44ClN3O/c1-2-3-4-5-6-7-8-9-10-16-24-35-29-21-14-13-20-28(29)34-30(35)22-12-11-15-23-33-31(36)26-18-17-19-27(32)25-26/h13-14,17-21,25H,2-12,15-16,22-24H2,1H3,(H,33,36). The Morgan fingerprint density at radius 2 is 1.53 bits per heavy atom. The van der Waals surface area contributed by atoms with Gasteiger partial charge >= 0.3 is 0 Å². The minimum absolute atomic E-state index is 0.0595. The highest BCUT2D eigenvalue weighted by Crippen LogP contribution is 2.20. The van der Waals surface area contributed by atoms with E-state index in [-0.39, 0.29) is 5.91 Å². The number of nitrogens with zero attached hydrogens (tertiary/aromatic N) is 2. The number of carbonyl (C=O) groups is 1. The SMILES string of the molecule is CCCCCCCCCCCCn1c(CCCCCNC(=O)c2cccc(Cl)c2)nc2ccccc21. The van der Waals surface area contributed by atoms with Gasteiger partial charge in [0.05, 0.1) is 11.0 Å². The van der Waals surface area contributed by atoms with Gasteiger partial charge in [0.1, 0.15) is 5.82 Å². The first-order valence-electron chi connectivity index (χ1n) is 14.2. The van der Waals surface area contributed by atoms with Gasteiger partial charge in [0.2, 0.25) is 0 Å². The molecule has 0 aliphatic heterocycles. The molecule has 0 spiro atoms. The maximum atomic E-state index is 12.2. The van der Waals surface area contributed by atoms with Gasteiger partial charge in [-0.2, -0.15) is 0 Å². The number of aromatic nitrogens is 2. The zero-order valence-electron chi connectivity index (χ0n) is 22.1. The van der Waals surface area contributed by atoms with Gasteiger partial charge in [0.25, 0.3) is 5.91 Å². The van der Waals surface area contributed by atoms with Gasteiger partial charge in [-0.25, -0.2) is 4.98 Å². The molecule has 5 heteroatoms. The largest absolute Gasteiger partial charge is 0.352 e. The summed E-state index contributed by atoms with van der Waals surface area (Å²) < 4.78 is 2.45. The number of imidazole rings is 1.